The lowest BCUT2D eigenvalue weighted by atomic mass is 10.1. The molecule has 0 spiro atoms. The maximum Gasteiger partial charge on any atom is 0.253 e. The summed E-state index contributed by atoms with van der Waals surface area (Å²) in [6, 6.07) is 14.7. The van der Waals surface area contributed by atoms with E-state index in [1.807, 2.05) is 53.4 Å². The Balaban J connectivity index is 1.50. The highest BCUT2D eigenvalue weighted by Crippen LogP contribution is 2.16. The predicted molar refractivity (Wildman–Crippen MR) is 107 cm³/mol. The molecule has 2 amide bonds. The molecule has 0 radical (unpaired) electrons. The molecule has 136 valence electrons. The van der Waals surface area contributed by atoms with Crippen molar-refractivity contribution in [3.8, 4) is 0 Å². The molecule has 2 aromatic rings. The van der Waals surface area contributed by atoms with Crippen molar-refractivity contribution in [1.82, 2.24) is 4.90 Å². The molecule has 1 aliphatic heterocycles. The Morgan fingerprint density at radius 3 is 2.15 bits per heavy atom. The van der Waals surface area contributed by atoms with Crippen molar-refractivity contribution >= 4 is 39.1 Å². The molecule has 5 nitrogen and oxygen atoms in total. The number of benzene rings is 2. The molecule has 3 rings (SSSR count). The van der Waals surface area contributed by atoms with Crippen molar-refractivity contribution in [3.63, 3.8) is 0 Å². The van der Waals surface area contributed by atoms with E-state index < -0.39 is 0 Å². The molecular weight excluding hydrogens is 394 g/mol. The van der Waals surface area contributed by atoms with Gasteiger partial charge in [-0.15, -0.1) is 0 Å². The number of nitrogens with zero attached hydrogens (tertiary/aromatic N) is 1. The van der Waals surface area contributed by atoms with Crippen molar-refractivity contribution in [2.75, 3.05) is 30.3 Å². The number of nitrogens with one attached hydrogen (secondary N) is 2. The van der Waals surface area contributed by atoms with Crippen molar-refractivity contribution in [2.24, 2.45) is 0 Å². The van der Waals surface area contributed by atoms with Crippen LogP contribution in [0.5, 0.6) is 0 Å². The Morgan fingerprint density at radius 2 is 1.50 bits per heavy atom. The van der Waals surface area contributed by atoms with E-state index in [9.17, 15) is 9.59 Å². The average Bonchev–Trinajstić information content (AvgIpc) is 2.69. The van der Waals surface area contributed by atoms with Crippen LogP contribution in [0.1, 0.15) is 29.6 Å². The van der Waals surface area contributed by atoms with Gasteiger partial charge in [0.1, 0.15) is 0 Å². The molecule has 1 aliphatic rings. The Morgan fingerprint density at radius 1 is 0.885 bits per heavy atom. The molecular formula is C20H22BrN3O2. The summed E-state index contributed by atoms with van der Waals surface area (Å²) in [5.74, 6) is -0.0370. The fourth-order valence-electron chi connectivity index (χ4n) is 2.93. The minimum Gasteiger partial charge on any atom is -0.376 e. The van der Waals surface area contributed by atoms with Crippen LogP contribution >= 0.6 is 15.9 Å². The molecule has 1 heterocycles. The first-order valence-corrected chi connectivity index (χ1v) is 9.60. The molecule has 0 bridgehead atoms. The smallest absolute Gasteiger partial charge is 0.253 e. The Kier molecular flexibility index (Phi) is 6.28. The third kappa shape index (κ3) is 5.08. The summed E-state index contributed by atoms with van der Waals surface area (Å²) in [6.45, 7) is 1.85. The number of anilines is 2. The van der Waals surface area contributed by atoms with Gasteiger partial charge in [-0.2, -0.15) is 0 Å². The first-order chi connectivity index (χ1) is 12.6. The summed E-state index contributed by atoms with van der Waals surface area (Å²) in [7, 11) is 0. The van der Waals surface area contributed by atoms with Gasteiger partial charge in [0.15, 0.2) is 0 Å². The molecule has 0 atom stereocenters. The lowest BCUT2D eigenvalue weighted by Crippen LogP contribution is -2.35. The third-order valence-electron chi connectivity index (χ3n) is 4.36. The topological polar surface area (TPSA) is 61.4 Å². The summed E-state index contributed by atoms with van der Waals surface area (Å²) < 4.78 is 0.966. The van der Waals surface area contributed by atoms with Crippen LogP contribution < -0.4 is 10.6 Å². The SMILES string of the molecule is O=C(CNc1ccc(C(=O)N2CCCCC2)cc1)Nc1ccc(Br)cc1. The normalized spacial score (nSPS) is 14.0. The lowest BCUT2D eigenvalue weighted by Gasteiger charge is -2.26. The van der Waals surface area contributed by atoms with Crippen LogP contribution in [0.2, 0.25) is 0 Å². The van der Waals surface area contributed by atoms with Gasteiger partial charge in [-0.05, 0) is 67.8 Å². The van der Waals surface area contributed by atoms with Crippen molar-refractivity contribution in [2.45, 2.75) is 19.3 Å². The van der Waals surface area contributed by atoms with E-state index in [0.717, 1.165) is 41.8 Å². The van der Waals surface area contributed by atoms with Crippen LogP contribution in [0.15, 0.2) is 53.0 Å². The molecule has 2 aromatic carbocycles. The van der Waals surface area contributed by atoms with Gasteiger partial charge in [-0.25, -0.2) is 0 Å². The number of likely N-dealkylation sites (tertiary alicyclic amines) is 1. The molecule has 26 heavy (non-hydrogen) atoms. The van der Waals surface area contributed by atoms with Gasteiger partial charge in [0.25, 0.3) is 5.91 Å². The standard InChI is InChI=1S/C20H22BrN3O2/c21-16-6-10-18(11-7-16)23-19(25)14-22-17-8-4-15(5-9-17)20(26)24-12-2-1-3-13-24/h4-11,22H,1-3,12-14H2,(H,23,25). The van der Waals surface area contributed by atoms with Crippen LogP contribution in [0.3, 0.4) is 0 Å². The Bertz CT molecular complexity index is 754. The zero-order chi connectivity index (χ0) is 18.4. The zero-order valence-corrected chi connectivity index (χ0v) is 16.1. The highest BCUT2D eigenvalue weighted by atomic mass is 79.9. The van der Waals surface area contributed by atoms with E-state index in [2.05, 4.69) is 26.6 Å². The predicted octanol–water partition coefficient (Wildman–Crippen LogP) is 4.13. The first kappa shape index (κ1) is 18.5. The summed E-state index contributed by atoms with van der Waals surface area (Å²) in [5, 5.41) is 5.90. The lowest BCUT2D eigenvalue weighted by molar-refractivity contribution is -0.114. The largest absolute Gasteiger partial charge is 0.376 e. The second kappa shape index (κ2) is 8.85. The molecule has 0 saturated carbocycles. The van der Waals surface area contributed by atoms with Crippen molar-refractivity contribution in [1.29, 1.82) is 0 Å². The van der Waals surface area contributed by atoms with Gasteiger partial charge in [0, 0.05) is 34.5 Å². The highest BCUT2D eigenvalue weighted by Gasteiger charge is 2.17. The average molecular weight is 416 g/mol. The van der Waals surface area contributed by atoms with Gasteiger partial charge < -0.3 is 15.5 Å². The van der Waals surface area contributed by atoms with Crippen LogP contribution in [-0.4, -0.2) is 36.3 Å². The Labute approximate surface area is 161 Å². The number of carbonyl (C=O) groups excluding carboxylic acids is 2. The molecule has 6 heteroatoms. The number of halogens is 1. The summed E-state index contributed by atoms with van der Waals surface area (Å²) in [6.07, 6.45) is 3.37. The van der Waals surface area contributed by atoms with E-state index in [1.54, 1.807) is 0 Å². The maximum absolute atomic E-state index is 12.4. The number of piperidine rings is 1. The minimum atomic E-state index is -0.124. The van der Waals surface area contributed by atoms with E-state index >= 15 is 0 Å². The van der Waals surface area contributed by atoms with Gasteiger partial charge in [-0.1, -0.05) is 15.9 Å². The van der Waals surface area contributed by atoms with E-state index in [0.29, 0.717) is 5.56 Å². The second-order valence-electron chi connectivity index (χ2n) is 6.34. The van der Waals surface area contributed by atoms with Crippen LogP contribution in [0.25, 0.3) is 0 Å². The molecule has 0 aromatic heterocycles. The Hall–Kier alpha value is -2.34. The summed E-state index contributed by atoms with van der Waals surface area (Å²) in [5.41, 5.74) is 2.25. The molecule has 1 saturated heterocycles. The molecule has 0 aliphatic carbocycles. The molecule has 2 N–H and O–H groups in total. The first-order valence-electron chi connectivity index (χ1n) is 8.80. The van der Waals surface area contributed by atoms with Crippen molar-refractivity contribution < 1.29 is 9.59 Å². The van der Waals surface area contributed by atoms with E-state index in [-0.39, 0.29) is 18.4 Å². The van der Waals surface area contributed by atoms with Gasteiger partial charge in [-0.3, -0.25) is 9.59 Å². The van der Waals surface area contributed by atoms with Crippen LogP contribution in [0.4, 0.5) is 11.4 Å². The van der Waals surface area contributed by atoms with Gasteiger partial charge >= 0.3 is 0 Å². The van der Waals surface area contributed by atoms with Gasteiger partial charge in [0.2, 0.25) is 5.91 Å². The van der Waals surface area contributed by atoms with E-state index in [4.69, 9.17) is 0 Å². The molecule has 0 unspecified atom stereocenters. The second-order valence-corrected chi connectivity index (χ2v) is 7.25. The third-order valence-corrected chi connectivity index (χ3v) is 4.88. The van der Waals surface area contributed by atoms with Crippen molar-refractivity contribution in [3.05, 3.63) is 58.6 Å². The number of rotatable bonds is 5. The number of carbonyl (C=O) groups is 2. The summed E-state index contributed by atoms with van der Waals surface area (Å²) in [4.78, 5) is 26.4. The van der Waals surface area contributed by atoms with E-state index in [1.165, 1.54) is 6.42 Å². The molecule has 1 fully saturated rings. The fourth-order valence-corrected chi connectivity index (χ4v) is 3.20. The summed E-state index contributed by atoms with van der Waals surface area (Å²) >= 11 is 3.36. The highest BCUT2D eigenvalue weighted by molar-refractivity contribution is 9.10. The quantitative estimate of drug-likeness (QED) is 0.771. The van der Waals surface area contributed by atoms with Gasteiger partial charge in [0.05, 0.1) is 6.54 Å². The van der Waals surface area contributed by atoms with Crippen LogP contribution in [0, 0.1) is 0 Å². The number of hydrogen-bond donors (Lipinski definition) is 2. The van der Waals surface area contributed by atoms with Crippen LogP contribution in [-0.2, 0) is 4.79 Å². The minimum absolute atomic E-state index is 0.0873. The number of hydrogen-bond acceptors (Lipinski definition) is 3. The monoisotopic (exact) mass is 415 g/mol. The fraction of sp³-hybridized carbons (Fsp3) is 0.300. The number of amides is 2. The zero-order valence-electron chi connectivity index (χ0n) is 14.5. The maximum atomic E-state index is 12.4.